The normalized spacial score (nSPS) is 17.2. The summed E-state index contributed by atoms with van der Waals surface area (Å²) in [5.74, 6) is -1.63. The second-order valence-corrected chi connectivity index (χ2v) is 6.41. The van der Waals surface area contributed by atoms with Crippen LogP contribution in [0, 0.1) is 6.92 Å². The van der Waals surface area contributed by atoms with Gasteiger partial charge >= 0.3 is 5.97 Å². The van der Waals surface area contributed by atoms with Crippen molar-refractivity contribution in [2.45, 2.75) is 25.8 Å². The number of rotatable bonds is 4. The minimum atomic E-state index is -1.14. The lowest BCUT2D eigenvalue weighted by molar-refractivity contribution is -0.145. The molecule has 1 unspecified atom stereocenters. The van der Waals surface area contributed by atoms with E-state index in [2.05, 4.69) is 5.10 Å². The molecule has 5 nitrogen and oxygen atoms in total. The van der Waals surface area contributed by atoms with Gasteiger partial charge in [-0.1, -0.05) is 35.9 Å². The summed E-state index contributed by atoms with van der Waals surface area (Å²) in [6.45, 7) is 2.00. The summed E-state index contributed by atoms with van der Waals surface area (Å²) in [5, 5.41) is 16.6. The third-order valence-corrected chi connectivity index (χ3v) is 4.65. The summed E-state index contributed by atoms with van der Waals surface area (Å²) in [6.07, 6.45) is 0.0402. The number of thiophene rings is 1. The number of aryl methyl sites for hydroxylation is 1. The van der Waals surface area contributed by atoms with Crippen LogP contribution < -0.4 is 0 Å². The minimum Gasteiger partial charge on any atom is -0.481 e. The number of carboxylic acid groups (broad SMARTS) is 1. The van der Waals surface area contributed by atoms with Crippen LogP contribution in [-0.4, -0.2) is 27.7 Å². The van der Waals surface area contributed by atoms with Crippen LogP contribution in [-0.2, 0) is 9.59 Å². The van der Waals surface area contributed by atoms with Crippen molar-refractivity contribution in [3.63, 3.8) is 0 Å². The van der Waals surface area contributed by atoms with Crippen molar-refractivity contribution in [1.29, 1.82) is 0 Å². The van der Waals surface area contributed by atoms with Crippen molar-refractivity contribution < 1.29 is 14.7 Å². The predicted octanol–water partition coefficient (Wildman–Crippen LogP) is 3.21. The molecule has 1 aliphatic heterocycles. The van der Waals surface area contributed by atoms with Crippen molar-refractivity contribution in [3.05, 3.63) is 57.8 Å². The number of hydrazone groups is 1. The molecule has 0 saturated heterocycles. The quantitative estimate of drug-likeness (QED) is 0.876. The summed E-state index contributed by atoms with van der Waals surface area (Å²) in [7, 11) is 0. The maximum absolute atomic E-state index is 12.3. The van der Waals surface area contributed by atoms with Crippen LogP contribution in [0.2, 0.25) is 0 Å². The average molecular weight is 328 g/mol. The van der Waals surface area contributed by atoms with E-state index in [4.69, 9.17) is 5.11 Å². The Hall–Kier alpha value is -2.47. The lowest BCUT2D eigenvalue weighted by Crippen LogP contribution is -2.28. The summed E-state index contributed by atoms with van der Waals surface area (Å²) in [5.41, 5.74) is 2.92. The Morgan fingerprint density at radius 1 is 1.30 bits per heavy atom. The van der Waals surface area contributed by atoms with E-state index in [9.17, 15) is 9.59 Å². The molecule has 2 aromatic rings. The highest BCUT2D eigenvalue weighted by atomic mass is 32.1. The highest BCUT2D eigenvalue weighted by Gasteiger charge is 2.33. The van der Waals surface area contributed by atoms with Crippen molar-refractivity contribution in [2.75, 3.05) is 0 Å². The first-order valence-electron chi connectivity index (χ1n) is 7.26. The maximum atomic E-state index is 12.3. The maximum Gasteiger partial charge on any atom is 0.312 e. The summed E-state index contributed by atoms with van der Waals surface area (Å²) in [4.78, 5) is 24.1. The Kier molecular flexibility index (Phi) is 4.25. The van der Waals surface area contributed by atoms with E-state index in [1.165, 1.54) is 5.01 Å². The topological polar surface area (TPSA) is 70.0 Å². The fraction of sp³-hybridized carbons (Fsp3) is 0.235. The second kappa shape index (κ2) is 6.34. The van der Waals surface area contributed by atoms with E-state index < -0.39 is 18.3 Å². The minimum absolute atomic E-state index is 0.250. The van der Waals surface area contributed by atoms with Gasteiger partial charge in [0.25, 0.3) is 5.91 Å². The molecule has 0 bridgehead atoms. The lowest BCUT2D eigenvalue weighted by atomic mass is 10.00. The lowest BCUT2D eigenvalue weighted by Gasteiger charge is -2.21. The molecule has 118 valence electrons. The fourth-order valence-corrected chi connectivity index (χ4v) is 3.31. The number of carboxylic acids is 1. The number of carbonyl (C=O) groups is 2. The Morgan fingerprint density at radius 3 is 2.65 bits per heavy atom. The fourth-order valence-electron chi connectivity index (χ4n) is 2.59. The van der Waals surface area contributed by atoms with Crippen LogP contribution in [0.15, 0.2) is 46.9 Å². The molecule has 23 heavy (non-hydrogen) atoms. The zero-order chi connectivity index (χ0) is 16.4. The van der Waals surface area contributed by atoms with Gasteiger partial charge in [0, 0.05) is 6.42 Å². The molecule has 1 aliphatic rings. The number of benzene rings is 1. The molecule has 3 rings (SSSR count). The smallest absolute Gasteiger partial charge is 0.312 e. The Bertz CT molecular complexity index is 751. The van der Waals surface area contributed by atoms with Crippen molar-refractivity contribution in [1.82, 2.24) is 5.01 Å². The van der Waals surface area contributed by atoms with Gasteiger partial charge in [-0.3, -0.25) is 9.59 Å². The van der Waals surface area contributed by atoms with E-state index in [0.29, 0.717) is 6.42 Å². The van der Waals surface area contributed by atoms with Gasteiger partial charge in [-0.05, 0) is 23.9 Å². The van der Waals surface area contributed by atoms with Gasteiger partial charge in [0.1, 0.15) is 6.42 Å². The molecule has 0 aliphatic carbocycles. The highest BCUT2D eigenvalue weighted by molar-refractivity contribution is 7.12. The molecule has 1 aromatic carbocycles. The second-order valence-electron chi connectivity index (χ2n) is 5.46. The number of carbonyl (C=O) groups excluding carboxylic acids is 1. The summed E-state index contributed by atoms with van der Waals surface area (Å²) < 4.78 is 0. The average Bonchev–Trinajstić information content (AvgIpc) is 3.16. The van der Waals surface area contributed by atoms with Gasteiger partial charge in [-0.25, -0.2) is 5.01 Å². The van der Waals surface area contributed by atoms with Crippen LogP contribution in [0.25, 0.3) is 0 Å². The molecular weight excluding hydrogens is 312 g/mol. The number of hydrogen-bond acceptors (Lipinski definition) is 4. The summed E-state index contributed by atoms with van der Waals surface area (Å²) >= 11 is 1.56. The number of aliphatic carboxylic acids is 1. The van der Waals surface area contributed by atoms with Gasteiger partial charge in [0.15, 0.2) is 0 Å². The molecule has 1 aromatic heterocycles. The first kappa shape index (κ1) is 15.4. The van der Waals surface area contributed by atoms with Gasteiger partial charge < -0.3 is 5.11 Å². The Balaban J connectivity index is 1.92. The first-order chi connectivity index (χ1) is 11.0. The SMILES string of the molecule is Cc1ccc(C2CC(c3cccs3)=NN2C(=O)CC(=O)O)cc1. The number of hydrogen-bond donors (Lipinski definition) is 1. The summed E-state index contributed by atoms with van der Waals surface area (Å²) in [6, 6.07) is 11.5. The predicted molar refractivity (Wildman–Crippen MR) is 88.5 cm³/mol. The van der Waals surface area contributed by atoms with E-state index in [1.807, 2.05) is 48.7 Å². The van der Waals surface area contributed by atoms with Gasteiger partial charge in [-0.2, -0.15) is 5.10 Å². The van der Waals surface area contributed by atoms with Crippen molar-refractivity contribution >= 4 is 28.9 Å². The molecule has 6 heteroatoms. The van der Waals surface area contributed by atoms with Crippen LogP contribution >= 0.6 is 11.3 Å². The van der Waals surface area contributed by atoms with Crippen LogP contribution in [0.1, 0.15) is 34.9 Å². The van der Waals surface area contributed by atoms with Crippen LogP contribution in [0.5, 0.6) is 0 Å². The van der Waals surface area contributed by atoms with Gasteiger partial charge in [-0.15, -0.1) is 11.3 Å². The molecule has 0 saturated carbocycles. The van der Waals surface area contributed by atoms with E-state index in [0.717, 1.165) is 21.7 Å². The van der Waals surface area contributed by atoms with Crippen molar-refractivity contribution in [3.8, 4) is 0 Å². The Morgan fingerprint density at radius 2 is 2.04 bits per heavy atom. The zero-order valence-electron chi connectivity index (χ0n) is 12.6. The largest absolute Gasteiger partial charge is 0.481 e. The van der Waals surface area contributed by atoms with E-state index in [1.54, 1.807) is 11.3 Å². The Labute approximate surface area is 137 Å². The number of amides is 1. The molecule has 0 spiro atoms. The molecule has 1 amide bonds. The molecule has 0 radical (unpaired) electrons. The molecule has 1 N–H and O–H groups in total. The standard InChI is InChI=1S/C17H16N2O3S/c1-11-4-6-12(7-5-11)14-9-13(15-3-2-8-23-15)18-19(14)16(20)10-17(21)22/h2-8,14H,9-10H2,1H3,(H,21,22). The third kappa shape index (κ3) is 3.32. The number of nitrogens with zero attached hydrogens (tertiary/aromatic N) is 2. The van der Waals surface area contributed by atoms with Crippen LogP contribution in [0.3, 0.4) is 0 Å². The van der Waals surface area contributed by atoms with Crippen LogP contribution in [0.4, 0.5) is 0 Å². The van der Waals surface area contributed by atoms with E-state index in [-0.39, 0.29) is 6.04 Å². The third-order valence-electron chi connectivity index (χ3n) is 3.74. The molecular formula is C17H16N2O3S. The molecule has 2 heterocycles. The highest BCUT2D eigenvalue weighted by Crippen LogP contribution is 2.34. The van der Waals surface area contributed by atoms with Gasteiger partial charge in [0.2, 0.25) is 0 Å². The van der Waals surface area contributed by atoms with Gasteiger partial charge in [0.05, 0.1) is 16.6 Å². The molecule has 1 atom stereocenters. The van der Waals surface area contributed by atoms with Crippen molar-refractivity contribution in [2.24, 2.45) is 5.10 Å². The molecule has 0 fully saturated rings. The zero-order valence-corrected chi connectivity index (χ0v) is 13.4. The van der Waals surface area contributed by atoms with E-state index >= 15 is 0 Å². The first-order valence-corrected chi connectivity index (χ1v) is 8.14. The monoisotopic (exact) mass is 328 g/mol.